The second kappa shape index (κ2) is 6.84. The molecule has 19 heavy (non-hydrogen) atoms. The lowest BCUT2D eigenvalue weighted by Gasteiger charge is -2.06. The third kappa shape index (κ3) is 4.33. The van der Waals surface area contributed by atoms with E-state index in [0.717, 1.165) is 16.1 Å². The maximum atomic E-state index is 12.2. The summed E-state index contributed by atoms with van der Waals surface area (Å²) >= 11 is 3.29. The highest BCUT2D eigenvalue weighted by molar-refractivity contribution is 9.10. The Hall–Kier alpha value is -1.95. The fourth-order valence-corrected chi connectivity index (χ4v) is 2.07. The number of hydrogen-bond acceptors (Lipinski definition) is 3. The Morgan fingerprint density at radius 1 is 1.26 bits per heavy atom. The lowest BCUT2D eigenvalue weighted by molar-refractivity contribution is -0.116. The first-order valence-electron chi connectivity index (χ1n) is 5.43. The number of benzene rings is 1. The molecule has 0 aliphatic rings. The molecule has 0 aliphatic heterocycles. The molecule has 2 amide bonds. The smallest absolute Gasteiger partial charge is 0.245 e. The molecular formula is C13H13BrN2O3. The first kappa shape index (κ1) is 15.1. The van der Waals surface area contributed by atoms with Gasteiger partial charge in [0.15, 0.2) is 0 Å². The second-order valence-electron chi connectivity index (χ2n) is 3.78. The highest BCUT2D eigenvalue weighted by Crippen LogP contribution is 2.17. The van der Waals surface area contributed by atoms with Crippen molar-refractivity contribution >= 4 is 34.0 Å². The van der Waals surface area contributed by atoms with Gasteiger partial charge in [-0.1, -0.05) is 15.9 Å². The number of rotatable bonds is 5. The molecule has 1 aromatic carbocycles. The molecule has 0 bridgehead atoms. The monoisotopic (exact) mass is 324 g/mol. The minimum absolute atomic E-state index is 0.0770. The maximum Gasteiger partial charge on any atom is 0.245 e. The van der Waals surface area contributed by atoms with Crippen molar-refractivity contribution in [3.8, 4) is 0 Å². The average molecular weight is 325 g/mol. The van der Waals surface area contributed by atoms with E-state index in [-0.39, 0.29) is 5.70 Å². The SMILES string of the molecule is CNC(=O)/C=C(\NC=O)C(=O)c1cc(C)cc(Br)c1. The van der Waals surface area contributed by atoms with E-state index >= 15 is 0 Å². The van der Waals surface area contributed by atoms with E-state index in [1.807, 2.05) is 13.0 Å². The number of allylic oxidation sites excluding steroid dienone is 1. The quantitative estimate of drug-likeness (QED) is 0.487. The normalized spacial score (nSPS) is 10.8. The van der Waals surface area contributed by atoms with Crippen molar-refractivity contribution < 1.29 is 14.4 Å². The topological polar surface area (TPSA) is 75.3 Å². The zero-order valence-corrected chi connectivity index (χ0v) is 12.1. The molecule has 0 radical (unpaired) electrons. The summed E-state index contributed by atoms with van der Waals surface area (Å²) in [6.45, 7) is 1.84. The van der Waals surface area contributed by atoms with Crippen LogP contribution in [0.2, 0.25) is 0 Å². The zero-order chi connectivity index (χ0) is 14.4. The molecule has 100 valence electrons. The predicted octanol–water partition coefficient (Wildman–Crippen LogP) is 1.32. The molecule has 0 saturated carbocycles. The number of halogens is 1. The van der Waals surface area contributed by atoms with Crippen LogP contribution < -0.4 is 10.6 Å². The Bertz CT molecular complexity index is 533. The van der Waals surface area contributed by atoms with Crippen LogP contribution in [0.1, 0.15) is 15.9 Å². The summed E-state index contributed by atoms with van der Waals surface area (Å²) in [4.78, 5) is 34.0. The molecule has 1 aromatic rings. The number of likely N-dealkylation sites (N-methyl/N-ethyl adjacent to an activating group) is 1. The molecule has 1 rings (SSSR count). The number of ketones is 1. The van der Waals surface area contributed by atoms with Crippen LogP contribution in [0.3, 0.4) is 0 Å². The molecule has 0 aromatic heterocycles. The van der Waals surface area contributed by atoms with Crippen molar-refractivity contribution in [2.24, 2.45) is 0 Å². The fourth-order valence-electron chi connectivity index (χ4n) is 1.46. The summed E-state index contributed by atoms with van der Waals surface area (Å²) in [5.74, 6) is -0.899. The van der Waals surface area contributed by atoms with Crippen LogP contribution in [-0.4, -0.2) is 25.1 Å². The highest BCUT2D eigenvalue weighted by atomic mass is 79.9. The van der Waals surface area contributed by atoms with Crippen LogP contribution in [0.15, 0.2) is 34.4 Å². The van der Waals surface area contributed by atoms with E-state index in [0.29, 0.717) is 12.0 Å². The molecule has 0 fully saturated rings. The van der Waals surface area contributed by atoms with Gasteiger partial charge < -0.3 is 10.6 Å². The van der Waals surface area contributed by atoms with Gasteiger partial charge in [-0.25, -0.2) is 0 Å². The van der Waals surface area contributed by atoms with Crippen LogP contribution in [0.25, 0.3) is 0 Å². The fraction of sp³-hybridized carbons (Fsp3) is 0.154. The van der Waals surface area contributed by atoms with Gasteiger partial charge in [-0.15, -0.1) is 0 Å². The van der Waals surface area contributed by atoms with Crippen molar-refractivity contribution in [3.05, 3.63) is 45.6 Å². The Morgan fingerprint density at radius 3 is 2.47 bits per heavy atom. The molecule has 0 atom stereocenters. The van der Waals surface area contributed by atoms with Crippen molar-refractivity contribution in [2.45, 2.75) is 6.92 Å². The molecule has 0 heterocycles. The van der Waals surface area contributed by atoms with Gasteiger partial charge in [-0.3, -0.25) is 14.4 Å². The summed E-state index contributed by atoms with van der Waals surface area (Å²) in [5, 5.41) is 4.59. The van der Waals surface area contributed by atoms with E-state index < -0.39 is 11.7 Å². The van der Waals surface area contributed by atoms with Gasteiger partial charge in [0.25, 0.3) is 0 Å². The number of Topliss-reactive ketones (excluding diaryl/α,β-unsaturated/α-hetero) is 1. The molecule has 0 spiro atoms. The van der Waals surface area contributed by atoms with Crippen LogP contribution >= 0.6 is 15.9 Å². The number of carbonyl (C=O) groups excluding carboxylic acids is 3. The van der Waals surface area contributed by atoms with E-state index in [1.54, 1.807) is 12.1 Å². The summed E-state index contributed by atoms with van der Waals surface area (Å²) in [7, 11) is 1.44. The lowest BCUT2D eigenvalue weighted by Crippen LogP contribution is -2.24. The molecular weight excluding hydrogens is 312 g/mol. The van der Waals surface area contributed by atoms with Crippen molar-refractivity contribution in [1.82, 2.24) is 10.6 Å². The molecule has 6 heteroatoms. The second-order valence-corrected chi connectivity index (χ2v) is 4.70. The molecule has 0 aliphatic carbocycles. The number of aryl methyl sites for hydroxylation is 1. The van der Waals surface area contributed by atoms with Crippen molar-refractivity contribution in [3.63, 3.8) is 0 Å². The van der Waals surface area contributed by atoms with E-state index in [9.17, 15) is 14.4 Å². The standard InChI is InChI=1S/C13H13BrN2O3/c1-8-3-9(5-10(14)4-8)13(19)11(16-7-17)6-12(18)15-2/h3-7H,1-2H3,(H,15,18)(H,16,17)/b11-6-. The van der Waals surface area contributed by atoms with Crippen LogP contribution in [0.5, 0.6) is 0 Å². The minimum Gasteiger partial charge on any atom is -0.356 e. The summed E-state index contributed by atoms with van der Waals surface area (Å²) < 4.78 is 0.751. The van der Waals surface area contributed by atoms with Crippen LogP contribution in [0, 0.1) is 6.92 Å². The Labute approximate surface area is 119 Å². The van der Waals surface area contributed by atoms with Gasteiger partial charge in [-0.05, 0) is 30.7 Å². The van der Waals surface area contributed by atoms with E-state index in [4.69, 9.17) is 0 Å². The van der Waals surface area contributed by atoms with Gasteiger partial charge in [0.05, 0.1) is 5.70 Å². The molecule has 0 unspecified atom stereocenters. The van der Waals surface area contributed by atoms with E-state index in [2.05, 4.69) is 26.6 Å². The first-order chi connectivity index (χ1) is 8.97. The summed E-state index contributed by atoms with van der Waals surface area (Å²) in [6.07, 6.45) is 1.41. The van der Waals surface area contributed by atoms with Crippen molar-refractivity contribution in [2.75, 3.05) is 7.05 Å². The Balaban J connectivity index is 3.15. The summed E-state index contributed by atoms with van der Waals surface area (Å²) in [6, 6.07) is 5.16. The largest absolute Gasteiger partial charge is 0.356 e. The number of amides is 2. The van der Waals surface area contributed by atoms with Crippen LogP contribution in [-0.2, 0) is 9.59 Å². The predicted molar refractivity (Wildman–Crippen MR) is 74.6 cm³/mol. The number of nitrogens with one attached hydrogen (secondary N) is 2. The summed E-state index contributed by atoms with van der Waals surface area (Å²) in [5.41, 5.74) is 1.20. The van der Waals surface area contributed by atoms with Crippen LogP contribution in [0.4, 0.5) is 0 Å². The zero-order valence-electron chi connectivity index (χ0n) is 10.5. The number of hydrogen-bond donors (Lipinski definition) is 2. The lowest BCUT2D eigenvalue weighted by atomic mass is 10.1. The minimum atomic E-state index is -0.468. The average Bonchev–Trinajstić information content (AvgIpc) is 2.36. The molecule has 0 saturated heterocycles. The van der Waals surface area contributed by atoms with E-state index in [1.165, 1.54) is 7.05 Å². The third-order valence-electron chi connectivity index (χ3n) is 2.29. The van der Waals surface area contributed by atoms with Crippen molar-refractivity contribution in [1.29, 1.82) is 0 Å². The van der Waals surface area contributed by atoms with Gasteiger partial charge in [0, 0.05) is 23.2 Å². The Kier molecular flexibility index (Phi) is 5.44. The number of carbonyl (C=O) groups is 3. The van der Waals surface area contributed by atoms with Gasteiger partial charge >= 0.3 is 0 Å². The Morgan fingerprint density at radius 2 is 1.95 bits per heavy atom. The first-order valence-corrected chi connectivity index (χ1v) is 6.22. The third-order valence-corrected chi connectivity index (χ3v) is 2.74. The maximum absolute atomic E-state index is 12.2. The molecule has 5 nitrogen and oxygen atoms in total. The van der Waals surface area contributed by atoms with Gasteiger partial charge in [0.1, 0.15) is 0 Å². The van der Waals surface area contributed by atoms with Gasteiger partial charge in [-0.2, -0.15) is 0 Å². The highest BCUT2D eigenvalue weighted by Gasteiger charge is 2.14. The molecule has 2 N–H and O–H groups in total. The van der Waals surface area contributed by atoms with Gasteiger partial charge in [0.2, 0.25) is 18.1 Å².